The van der Waals surface area contributed by atoms with Crippen molar-refractivity contribution in [3.8, 4) is 0 Å². The Kier molecular flexibility index (Phi) is 3.53. The average Bonchev–Trinajstić information content (AvgIpc) is 3.09. The highest BCUT2D eigenvalue weighted by molar-refractivity contribution is 7.99. The maximum atomic E-state index is 12.5. The van der Waals surface area contributed by atoms with Crippen molar-refractivity contribution in [1.29, 1.82) is 0 Å². The number of carbonyl (C=O) groups excluding carboxylic acids is 1. The van der Waals surface area contributed by atoms with E-state index in [0.29, 0.717) is 10.6 Å². The van der Waals surface area contributed by atoms with Gasteiger partial charge in [-0.25, -0.2) is 0 Å². The van der Waals surface area contributed by atoms with Crippen LogP contribution >= 0.6 is 23.4 Å². The summed E-state index contributed by atoms with van der Waals surface area (Å²) in [6.07, 6.45) is 1.64. The normalized spacial score (nSPS) is 18.8. The molecule has 0 spiro atoms. The zero-order valence-corrected chi connectivity index (χ0v) is 11.7. The lowest BCUT2D eigenvalue weighted by Gasteiger charge is -2.22. The van der Waals surface area contributed by atoms with E-state index in [4.69, 9.17) is 16.0 Å². The Hall–Kier alpha value is -1.39. The molecule has 19 heavy (non-hydrogen) atoms. The summed E-state index contributed by atoms with van der Waals surface area (Å²) in [7, 11) is 0. The van der Waals surface area contributed by atoms with Gasteiger partial charge in [-0.15, -0.1) is 11.8 Å². The van der Waals surface area contributed by atoms with Crippen LogP contribution in [0.25, 0.3) is 0 Å². The van der Waals surface area contributed by atoms with E-state index in [1.807, 2.05) is 17.0 Å². The van der Waals surface area contributed by atoms with E-state index in [0.717, 1.165) is 18.1 Å². The minimum atomic E-state index is -0.0295. The molecule has 0 N–H and O–H groups in total. The lowest BCUT2D eigenvalue weighted by Crippen LogP contribution is -2.30. The molecule has 0 saturated carbocycles. The fraction of sp³-hybridized carbons (Fsp3) is 0.214. The van der Waals surface area contributed by atoms with Gasteiger partial charge in [-0.1, -0.05) is 11.6 Å². The summed E-state index contributed by atoms with van der Waals surface area (Å²) in [5.41, 5.74) is 0.656. The smallest absolute Gasteiger partial charge is 0.255 e. The van der Waals surface area contributed by atoms with Crippen LogP contribution in [0, 0.1) is 0 Å². The van der Waals surface area contributed by atoms with Crippen molar-refractivity contribution in [2.45, 2.75) is 5.37 Å². The van der Waals surface area contributed by atoms with Crippen LogP contribution in [0.15, 0.2) is 47.1 Å². The van der Waals surface area contributed by atoms with E-state index in [2.05, 4.69) is 0 Å². The van der Waals surface area contributed by atoms with Gasteiger partial charge in [0.15, 0.2) is 0 Å². The Balaban J connectivity index is 1.84. The minimum absolute atomic E-state index is 0.0167. The van der Waals surface area contributed by atoms with E-state index in [1.165, 1.54) is 0 Å². The third-order valence-electron chi connectivity index (χ3n) is 3.03. The molecule has 3 rings (SSSR count). The molecule has 3 nitrogen and oxygen atoms in total. The van der Waals surface area contributed by atoms with Crippen LogP contribution in [0.1, 0.15) is 21.5 Å². The first-order valence-corrected chi connectivity index (χ1v) is 7.40. The number of amides is 1. The molecule has 5 heteroatoms. The maximum absolute atomic E-state index is 12.5. The quantitative estimate of drug-likeness (QED) is 0.844. The van der Waals surface area contributed by atoms with Gasteiger partial charge in [0, 0.05) is 22.9 Å². The van der Waals surface area contributed by atoms with Gasteiger partial charge in [0.1, 0.15) is 11.1 Å². The van der Waals surface area contributed by atoms with E-state index in [1.54, 1.807) is 42.3 Å². The Morgan fingerprint density at radius 1 is 1.32 bits per heavy atom. The van der Waals surface area contributed by atoms with Crippen LogP contribution < -0.4 is 0 Å². The van der Waals surface area contributed by atoms with Crippen molar-refractivity contribution in [3.63, 3.8) is 0 Å². The zero-order chi connectivity index (χ0) is 13.2. The lowest BCUT2D eigenvalue weighted by molar-refractivity contribution is 0.0749. The first-order valence-electron chi connectivity index (χ1n) is 5.97. The Labute approximate surface area is 120 Å². The number of benzene rings is 1. The van der Waals surface area contributed by atoms with Crippen LogP contribution in [0.4, 0.5) is 0 Å². The van der Waals surface area contributed by atoms with Crippen molar-refractivity contribution in [3.05, 3.63) is 59.0 Å². The second kappa shape index (κ2) is 5.31. The Morgan fingerprint density at radius 2 is 2.11 bits per heavy atom. The number of rotatable bonds is 2. The monoisotopic (exact) mass is 293 g/mol. The maximum Gasteiger partial charge on any atom is 0.255 e. The summed E-state index contributed by atoms with van der Waals surface area (Å²) >= 11 is 7.56. The number of nitrogens with zero attached hydrogens (tertiary/aromatic N) is 1. The molecule has 1 aliphatic rings. The fourth-order valence-corrected chi connectivity index (χ4v) is 3.43. The van der Waals surface area contributed by atoms with Crippen LogP contribution in [-0.4, -0.2) is 23.1 Å². The van der Waals surface area contributed by atoms with Crippen molar-refractivity contribution in [2.24, 2.45) is 0 Å². The Bertz CT molecular complexity index is 568. The number of thioether (sulfide) groups is 1. The molecule has 1 atom stereocenters. The highest BCUT2D eigenvalue weighted by Gasteiger charge is 2.32. The fourth-order valence-electron chi connectivity index (χ4n) is 2.10. The van der Waals surface area contributed by atoms with Crippen molar-refractivity contribution < 1.29 is 9.21 Å². The predicted molar refractivity (Wildman–Crippen MR) is 76.4 cm³/mol. The number of furan rings is 1. The first kappa shape index (κ1) is 12.6. The summed E-state index contributed by atoms with van der Waals surface area (Å²) < 4.78 is 5.42. The first-order chi connectivity index (χ1) is 9.25. The van der Waals surface area contributed by atoms with Crippen LogP contribution in [-0.2, 0) is 0 Å². The number of hydrogen-bond acceptors (Lipinski definition) is 3. The van der Waals surface area contributed by atoms with Crippen LogP contribution in [0.3, 0.4) is 0 Å². The molecule has 2 aromatic rings. The number of hydrogen-bond donors (Lipinski definition) is 0. The molecular formula is C14H12ClNO2S. The van der Waals surface area contributed by atoms with E-state index in [9.17, 15) is 4.79 Å². The van der Waals surface area contributed by atoms with E-state index < -0.39 is 0 Å². The molecule has 0 bridgehead atoms. The molecule has 1 aromatic heterocycles. The SMILES string of the molecule is O=C(c1ccc(Cl)cc1)N1CCS[C@@H]1c1ccco1. The van der Waals surface area contributed by atoms with Crippen molar-refractivity contribution in [1.82, 2.24) is 4.90 Å². The molecule has 98 valence electrons. The second-order valence-electron chi connectivity index (χ2n) is 4.24. The minimum Gasteiger partial charge on any atom is -0.466 e. The molecule has 1 saturated heterocycles. The molecule has 2 heterocycles. The summed E-state index contributed by atoms with van der Waals surface area (Å²) in [5, 5.41) is 0.605. The molecule has 1 aliphatic heterocycles. The van der Waals surface area contributed by atoms with E-state index in [-0.39, 0.29) is 11.3 Å². The number of halogens is 1. The van der Waals surface area contributed by atoms with Gasteiger partial charge in [0.2, 0.25) is 0 Å². The van der Waals surface area contributed by atoms with Gasteiger partial charge in [0.05, 0.1) is 6.26 Å². The predicted octanol–water partition coefficient (Wildman–Crippen LogP) is 3.82. The van der Waals surface area contributed by atoms with Crippen LogP contribution in [0.2, 0.25) is 5.02 Å². The third-order valence-corrected chi connectivity index (χ3v) is 4.50. The molecular weight excluding hydrogens is 282 g/mol. The molecule has 1 aromatic carbocycles. The summed E-state index contributed by atoms with van der Waals surface area (Å²) in [4.78, 5) is 14.3. The molecule has 1 amide bonds. The summed E-state index contributed by atoms with van der Waals surface area (Å²) in [6.45, 7) is 0.734. The third kappa shape index (κ3) is 2.51. The molecule has 1 fully saturated rings. The van der Waals surface area contributed by atoms with Gasteiger partial charge in [0.25, 0.3) is 5.91 Å². The summed E-state index contributed by atoms with van der Waals surface area (Å²) in [6, 6.07) is 10.7. The summed E-state index contributed by atoms with van der Waals surface area (Å²) in [5.74, 6) is 1.76. The van der Waals surface area contributed by atoms with E-state index >= 15 is 0 Å². The largest absolute Gasteiger partial charge is 0.466 e. The zero-order valence-electron chi connectivity index (χ0n) is 10.1. The van der Waals surface area contributed by atoms with Gasteiger partial charge < -0.3 is 9.32 Å². The van der Waals surface area contributed by atoms with Gasteiger partial charge in [-0.3, -0.25) is 4.79 Å². The van der Waals surface area contributed by atoms with Gasteiger partial charge in [-0.2, -0.15) is 0 Å². The highest BCUT2D eigenvalue weighted by Crippen LogP contribution is 2.38. The Morgan fingerprint density at radius 3 is 2.79 bits per heavy atom. The van der Waals surface area contributed by atoms with Crippen molar-refractivity contribution >= 4 is 29.3 Å². The van der Waals surface area contributed by atoms with Gasteiger partial charge >= 0.3 is 0 Å². The molecule has 0 radical (unpaired) electrons. The average molecular weight is 294 g/mol. The molecule has 0 aliphatic carbocycles. The molecule has 0 unspecified atom stereocenters. The van der Waals surface area contributed by atoms with Gasteiger partial charge in [-0.05, 0) is 36.4 Å². The topological polar surface area (TPSA) is 33.5 Å². The second-order valence-corrected chi connectivity index (χ2v) is 5.87. The van der Waals surface area contributed by atoms with Crippen LogP contribution in [0.5, 0.6) is 0 Å². The lowest BCUT2D eigenvalue weighted by atomic mass is 10.2. The van der Waals surface area contributed by atoms with Crippen molar-refractivity contribution in [2.75, 3.05) is 12.3 Å². The highest BCUT2D eigenvalue weighted by atomic mass is 35.5. The number of carbonyl (C=O) groups is 1. The standard InChI is InChI=1S/C14H12ClNO2S/c15-11-5-3-10(4-6-11)13(17)16-7-9-19-14(16)12-2-1-8-18-12/h1-6,8,14H,7,9H2/t14-/m1/s1.